The Hall–Kier alpha value is -2.86. The number of rotatable bonds is 5. The highest BCUT2D eigenvalue weighted by Gasteiger charge is 2.38. The molecule has 1 N–H and O–H groups in total. The minimum atomic E-state index is -3.30. The van der Waals surface area contributed by atoms with E-state index < -0.39 is 45.2 Å². The first-order valence-corrected chi connectivity index (χ1v) is 12.8. The lowest BCUT2D eigenvalue weighted by atomic mass is 10.1. The molecule has 1 unspecified atom stereocenters. The predicted octanol–water partition coefficient (Wildman–Crippen LogP) is 2.67. The molecule has 12 heteroatoms. The van der Waals surface area contributed by atoms with Crippen molar-refractivity contribution in [1.82, 2.24) is 0 Å². The largest absolute Gasteiger partial charge is 0.462 e. The van der Waals surface area contributed by atoms with E-state index in [1.165, 1.54) is 0 Å². The molecule has 33 heavy (non-hydrogen) atoms. The fourth-order valence-electron chi connectivity index (χ4n) is 3.96. The number of amides is 2. The highest BCUT2D eigenvalue weighted by atomic mass is 32.2. The van der Waals surface area contributed by atoms with Crippen LogP contribution in [0.5, 0.6) is 0 Å². The van der Waals surface area contributed by atoms with Crippen molar-refractivity contribution >= 4 is 49.6 Å². The number of hydrogen-bond acceptors (Lipinski definition) is 7. The van der Waals surface area contributed by atoms with Crippen LogP contribution in [0.15, 0.2) is 18.2 Å². The Morgan fingerprint density at radius 3 is 2.76 bits per heavy atom. The number of fused-ring (bicyclic) bond motifs is 1. The normalized spacial score (nSPS) is 19.3. The van der Waals surface area contributed by atoms with Gasteiger partial charge in [-0.05, 0) is 31.0 Å². The summed E-state index contributed by atoms with van der Waals surface area (Å²) >= 11 is 0.995. The summed E-state index contributed by atoms with van der Waals surface area (Å²) in [5.74, 6) is -4.61. The summed E-state index contributed by atoms with van der Waals surface area (Å²) in [5, 5.41) is 2.81. The summed E-state index contributed by atoms with van der Waals surface area (Å²) in [4.78, 5) is 39.5. The van der Waals surface area contributed by atoms with E-state index in [9.17, 15) is 31.6 Å². The van der Waals surface area contributed by atoms with Crippen molar-refractivity contribution in [3.8, 4) is 0 Å². The van der Waals surface area contributed by atoms with Gasteiger partial charge in [-0.25, -0.2) is 22.0 Å². The van der Waals surface area contributed by atoms with Gasteiger partial charge >= 0.3 is 5.97 Å². The van der Waals surface area contributed by atoms with E-state index in [-0.39, 0.29) is 53.8 Å². The number of sulfone groups is 1. The lowest BCUT2D eigenvalue weighted by molar-refractivity contribution is -0.122. The van der Waals surface area contributed by atoms with Crippen molar-refractivity contribution < 1.29 is 36.3 Å². The van der Waals surface area contributed by atoms with E-state index in [1.807, 2.05) is 0 Å². The smallest absolute Gasteiger partial charge is 0.341 e. The number of hydrogen-bond donors (Lipinski definition) is 1. The van der Waals surface area contributed by atoms with Crippen molar-refractivity contribution in [3.63, 3.8) is 0 Å². The van der Waals surface area contributed by atoms with Crippen LogP contribution < -0.4 is 10.2 Å². The van der Waals surface area contributed by atoms with Gasteiger partial charge in [-0.2, -0.15) is 0 Å². The van der Waals surface area contributed by atoms with Gasteiger partial charge in [-0.15, -0.1) is 11.3 Å². The van der Waals surface area contributed by atoms with E-state index in [2.05, 4.69) is 5.32 Å². The number of anilines is 2. The minimum absolute atomic E-state index is 0.102. The fraction of sp³-hybridized carbons (Fsp3) is 0.381. The molecule has 1 saturated heterocycles. The molecule has 1 fully saturated rings. The molecule has 1 aromatic heterocycles. The maximum atomic E-state index is 14.1. The number of carbonyl (C=O) groups excluding carboxylic acids is 3. The third kappa shape index (κ3) is 4.62. The van der Waals surface area contributed by atoms with Gasteiger partial charge < -0.3 is 15.0 Å². The average molecular weight is 499 g/mol. The number of nitrogens with one attached hydrogen (secondary N) is 1. The molecular weight excluding hydrogens is 478 g/mol. The molecule has 1 atom stereocenters. The molecule has 2 amide bonds. The highest BCUT2D eigenvalue weighted by Crippen LogP contribution is 2.39. The summed E-state index contributed by atoms with van der Waals surface area (Å²) in [5.41, 5.74) is 0.549. The zero-order chi connectivity index (χ0) is 23.9. The van der Waals surface area contributed by atoms with Gasteiger partial charge in [0.25, 0.3) is 0 Å². The molecule has 0 spiro atoms. The highest BCUT2D eigenvalue weighted by molar-refractivity contribution is 7.90. The van der Waals surface area contributed by atoms with Crippen LogP contribution in [0, 0.1) is 17.6 Å². The standard InChI is InChI=1S/C21H20F2N2O6S2/c1-2-31-21(28)18-13-5-6-33(29,30)10-16(13)32-20(18)24-19(27)11-7-17(26)25(9-11)15-4-3-12(22)8-14(15)23/h3-4,8,11H,2,5-7,9-10H2,1H3,(H,24,27). The average Bonchev–Trinajstić information content (AvgIpc) is 3.27. The van der Waals surface area contributed by atoms with Gasteiger partial charge in [-0.1, -0.05) is 0 Å². The monoisotopic (exact) mass is 498 g/mol. The minimum Gasteiger partial charge on any atom is -0.462 e. The van der Waals surface area contributed by atoms with Crippen LogP contribution in [0.3, 0.4) is 0 Å². The van der Waals surface area contributed by atoms with Crippen LogP contribution in [0.2, 0.25) is 0 Å². The van der Waals surface area contributed by atoms with Gasteiger partial charge in [0.1, 0.15) is 16.6 Å². The molecule has 1 aromatic carbocycles. The lowest BCUT2D eigenvalue weighted by Crippen LogP contribution is -2.29. The SMILES string of the molecule is CCOC(=O)c1c(NC(=O)C2CC(=O)N(c3ccc(F)cc3F)C2)sc2c1CCS(=O)(=O)C2. The van der Waals surface area contributed by atoms with Gasteiger partial charge in [0.2, 0.25) is 11.8 Å². The summed E-state index contributed by atoms with van der Waals surface area (Å²) < 4.78 is 56.5. The quantitative estimate of drug-likeness (QED) is 0.635. The van der Waals surface area contributed by atoms with E-state index in [1.54, 1.807) is 6.92 Å². The number of halogens is 2. The summed E-state index contributed by atoms with van der Waals surface area (Å²) in [7, 11) is -3.30. The molecular formula is C21H20F2N2O6S2. The third-order valence-electron chi connectivity index (χ3n) is 5.52. The van der Waals surface area contributed by atoms with Crippen LogP contribution >= 0.6 is 11.3 Å². The Bertz CT molecular complexity index is 1260. The maximum Gasteiger partial charge on any atom is 0.341 e. The fourth-order valence-corrected chi connectivity index (χ4v) is 7.00. The first-order valence-electron chi connectivity index (χ1n) is 10.2. The second kappa shape index (κ2) is 8.82. The van der Waals surface area contributed by atoms with Crippen LogP contribution in [-0.2, 0) is 36.3 Å². The van der Waals surface area contributed by atoms with Gasteiger partial charge in [0.15, 0.2) is 9.84 Å². The zero-order valence-corrected chi connectivity index (χ0v) is 19.2. The van der Waals surface area contributed by atoms with Gasteiger partial charge in [0, 0.05) is 23.9 Å². The van der Waals surface area contributed by atoms with Crippen molar-refractivity contribution in [2.45, 2.75) is 25.5 Å². The maximum absolute atomic E-state index is 14.1. The van der Waals surface area contributed by atoms with E-state index in [0.717, 1.165) is 28.4 Å². The van der Waals surface area contributed by atoms with Crippen LogP contribution in [0.25, 0.3) is 0 Å². The predicted molar refractivity (Wildman–Crippen MR) is 117 cm³/mol. The Kier molecular flexibility index (Phi) is 6.23. The Morgan fingerprint density at radius 2 is 2.06 bits per heavy atom. The lowest BCUT2D eigenvalue weighted by Gasteiger charge is -2.17. The third-order valence-corrected chi connectivity index (χ3v) is 8.40. The summed E-state index contributed by atoms with van der Waals surface area (Å²) in [6.07, 6.45) is -0.0609. The molecule has 8 nitrogen and oxygen atoms in total. The topological polar surface area (TPSA) is 110 Å². The molecule has 176 valence electrons. The molecule has 2 aliphatic rings. The zero-order valence-electron chi connectivity index (χ0n) is 17.5. The Morgan fingerprint density at radius 1 is 1.30 bits per heavy atom. The number of thiophene rings is 1. The van der Waals surface area contributed by atoms with Crippen molar-refractivity contribution in [2.75, 3.05) is 29.1 Å². The first-order chi connectivity index (χ1) is 15.6. The van der Waals surface area contributed by atoms with Gasteiger partial charge in [-0.3, -0.25) is 9.59 Å². The van der Waals surface area contributed by atoms with Crippen molar-refractivity contribution in [1.29, 1.82) is 0 Å². The molecule has 0 bridgehead atoms. The number of esters is 1. The molecule has 2 aliphatic heterocycles. The molecule has 0 aliphatic carbocycles. The number of ether oxygens (including phenoxy) is 1. The van der Waals surface area contributed by atoms with Crippen molar-refractivity contribution in [3.05, 3.63) is 45.8 Å². The van der Waals surface area contributed by atoms with Crippen LogP contribution in [-0.4, -0.2) is 45.1 Å². The molecule has 0 saturated carbocycles. The number of carbonyl (C=O) groups is 3. The molecule has 3 heterocycles. The Labute approximate surface area is 192 Å². The van der Waals surface area contributed by atoms with Gasteiger partial charge in [0.05, 0.1) is 35.3 Å². The second-order valence-corrected chi connectivity index (χ2v) is 11.1. The van der Waals surface area contributed by atoms with E-state index in [0.29, 0.717) is 16.5 Å². The van der Waals surface area contributed by atoms with Crippen LogP contribution in [0.4, 0.5) is 19.5 Å². The molecule has 4 rings (SSSR count). The summed E-state index contributed by atoms with van der Waals surface area (Å²) in [6, 6.07) is 2.82. The molecule has 0 radical (unpaired) electrons. The number of nitrogens with zero attached hydrogens (tertiary/aromatic N) is 1. The second-order valence-electron chi connectivity index (χ2n) is 7.76. The Balaban J connectivity index is 1.58. The van der Waals surface area contributed by atoms with E-state index in [4.69, 9.17) is 4.74 Å². The summed E-state index contributed by atoms with van der Waals surface area (Å²) in [6.45, 7) is 1.61. The van der Waals surface area contributed by atoms with Crippen LogP contribution in [0.1, 0.15) is 34.1 Å². The van der Waals surface area contributed by atoms with E-state index >= 15 is 0 Å². The molecule has 2 aromatic rings. The van der Waals surface area contributed by atoms with Crippen molar-refractivity contribution in [2.24, 2.45) is 5.92 Å². The first kappa shape index (κ1) is 23.3. The number of benzene rings is 1.